The average molecular weight is 331 g/mol. The molecule has 3 aromatic rings. The molecular weight excluding hydrogens is 317 g/mol. The summed E-state index contributed by atoms with van der Waals surface area (Å²) < 4.78 is 0. The quantitative estimate of drug-likeness (QED) is 0.584. The normalized spacial score (nSPS) is 9.85. The van der Waals surface area contributed by atoms with E-state index in [1.165, 1.54) is 16.7 Å². The van der Waals surface area contributed by atoms with Crippen molar-refractivity contribution in [2.24, 2.45) is 0 Å². The summed E-state index contributed by atoms with van der Waals surface area (Å²) in [5, 5.41) is 0. The summed E-state index contributed by atoms with van der Waals surface area (Å²) in [7, 11) is 0. The Labute approximate surface area is 145 Å². The first kappa shape index (κ1) is 15.2. The summed E-state index contributed by atoms with van der Waals surface area (Å²) in [6, 6.07) is 29.3. The summed E-state index contributed by atoms with van der Waals surface area (Å²) in [6.45, 7) is 2.14. The number of hydrogen-bond donors (Lipinski definition) is 0. The first-order valence-corrected chi connectivity index (χ1v) is 6.40. The smallest absolute Gasteiger partial charge is 0 e. The van der Waals surface area contributed by atoms with E-state index < -0.39 is 0 Å². The van der Waals surface area contributed by atoms with Crippen LogP contribution in [0.5, 0.6) is 0 Å². The van der Waals surface area contributed by atoms with Crippen LogP contribution in [0.15, 0.2) is 66.7 Å². The molecular formula is C19H14Y-2. The van der Waals surface area contributed by atoms with Gasteiger partial charge in [0.05, 0.1) is 0 Å². The molecule has 0 unspecified atom stereocenters. The maximum absolute atomic E-state index is 3.35. The van der Waals surface area contributed by atoms with Crippen LogP contribution >= 0.6 is 0 Å². The first-order valence-electron chi connectivity index (χ1n) is 6.40. The molecule has 0 saturated carbocycles. The Morgan fingerprint density at radius 2 is 1.40 bits per heavy atom. The van der Waals surface area contributed by atoms with Crippen LogP contribution in [-0.2, 0) is 32.7 Å². The van der Waals surface area contributed by atoms with E-state index in [4.69, 9.17) is 0 Å². The van der Waals surface area contributed by atoms with Crippen molar-refractivity contribution in [2.75, 3.05) is 0 Å². The summed E-state index contributed by atoms with van der Waals surface area (Å²) in [5.41, 5.74) is 5.94. The molecule has 0 aliphatic carbocycles. The van der Waals surface area contributed by atoms with Crippen LogP contribution in [0, 0.1) is 19.1 Å². The third-order valence-electron chi connectivity index (χ3n) is 3.27. The third-order valence-corrected chi connectivity index (χ3v) is 3.27. The van der Waals surface area contributed by atoms with Crippen LogP contribution in [0.1, 0.15) is 5.56 Å². The predicted molar refractivity (Wildman–Crippen MR) is 79.7 cm³/mol. The molecule has 0 aromatic heterocycles. The minimum atomic E-state index is 0. The van der Waals surface area contributed by atoms with E-state index in [-0.39, 0.29) is 32.7 Å². The van der Waals surface area contributed by atoms with Gasteiger partial charge < -0.3 is 0 Å². The molecule has 20 heavy (non-hydrogen) atoms. The van der Waals surface area contributed by atoms with E-state index >= 15 is 0 Å². The molecule has 95 valence electrons. The molecule has 0 nitrogen and oxygen atoms in total. The van der Waals surface area contributed by atoms with Crippen molar-refractivity contribution in [3.63, 3.8) is 0 Å². The Morgan fingerprint density at radius 1 is 0.700 bits per heavy atom. The number of rotatable bonds is 2. The third kappa shape index (κ3) is 3.08. The number of hydrogen-bond acceptors (Lipinski definition) is 0. The zero-order valence-corrected chi connectivity index (χ0v) is 14.3. The molecule has 1 radical (unpaired) electrons. The maximum Gasteiger partial charge on any atom is 0 e. The van der Waals surface area contributed by atoms with E-state index in [1.807, 2.05) is 30.3 Å². The molecule has 0 atom stereocenters. The molecule has 1 heteroatoms. The maximum atomic E-state index is 3.35. The van der Waals surface area contributed by atoms with Crippen LogP contribution in [0.25, 0.3) is 22.3 Å². The van der Waals surface area contributed by atoms with Crippen molar-refractivity contribution in [1.82, 2.24) is 0 Å². The second-order valence-electron chi connectivity index (χ2n) is 4.55. The first-order chi connectivity index (χ1) is 9.36. The van der Waals surface area contributed by atoms with Gasteiger partial charge in [0.15, 0.2) is 0 Å². The molecule has 0 amide bonds. The zero-order chi connectivity index (χ0) is 13.1. The van der Waals surface area contributed by atoms with Crippen LogP contribution in [0.3, 0.4) is 0 Å². The molecule has 0 heterocycles. The Bertz CT molecular complexity index is 687. The zero-order valence-electron chi connectivity index (χ0n) is 11.4. The van der Waals surface area contributed by atoms with E-state index in [9.17, 15) is 0 Å². The van der Waals surface area contributed by atoms with E-state index in [0.717, 1.165) is 11.1 Å². The Kier molecular flexibility index (Phi) is 5.28. The fourth-order valence-electron chi connectivity index (χ4n) is 2.31. The van der Waals surface area contributed by atoms with Gasteiger partial charge in [-0.25, -0.2) is 11.1 Å². The van der Waals surface area contributed by atoms with Crippen LogP contribution in [0.2, 0.25) is 0 Å². The van der Waals surface area contributed by atoms with Gasteiger partial charge in [0.2, 0.25) is 0 Å². The van der Waals surface area contributed by atoms with Gasteiger partial charge in [0.1, 0.15) is 0 Å². The summed E-state index contributed by atoms with van der Waals surface area (Å²) in [6.07, 6.45) is 0. The molecule has 0 saturated heterocycles. The number of benzene rings is 3. The Balaban J connectivity index is 0.00000147. The molecule has 0 aliphatic heterocycles. The van der Waals surface area contributed by atoms with Crippen molar-refractivity contribution < 1.29 is 32.7 Å². The van der Waals surface area contributed by atoms with Gasteiger partial charge in [-0.15, -0.1) is 23.8 Å². The molecule has 3 rings (SSSR count). The fourth-order valence-corrected chi connectivity index (χ4v) is 2.31. The van der Waals surface area contributed by atoms with Crippen LogP contribution < -0.4 is 0 Å². The van der Waals surface area contributed by atoms with Gasteiger partial charge in [-0.05, 0) is 6.92 Å². The molecule has 0 fully saturated rings. The second-order valence-corrected chi connectivity index (χ2v) is 4.55. The fraction of sp³-hybridized carbons (Fsp3) is 0.0526. The van der Waals surface area contributed by atoms with Crippen molar-refractivity contribution in [2.45, 2.75) is 6.92 Å². The van der Waals surface area contributed by atoms with E-state index in [1.54, 1.807) is 0 Å². The minimum absolute atomic E-state index is 0. The van der Waals surface area contributed by atoms with Crippen LogP contribution in [-0.4, -0.2) is 0 Å². The standard InChI is InChI=1S/C19H14.Y/c1-15-9-5-6-12-17(15)19-14-8-7-13-18(19)16-10-3-2-4-11-16;/h2-10,12,14H,1H3;/q-2;. The summed E-state index contributed by atoms with van der Waals surface area (Å²) in [4.78, 5) is 0. The van der Waals surface area contributed by atoms with Gasteiger partial charge in [0.25, 0.3) is 0 Å². The predicted octanol–water partition coefficient (Wildman–Crippen LogP) is 4.93. The molecule has 0 bridgehead atoms. The topological polar surface area (TPSA) is 0 Å². The van der Waals surface area contributed by atoms with Gasteiger partial charge in [0, 0.05) is 32.7 Å². The average Bonchev–Trinajstić information content (AvgIpc) is 2.49. The van der Waals surface area contributed by atoms with Gasteiger partial charge >= 0.3 is 0 Å². The van der Waals surface area contributed by atoms with Crippen molar-refractivity contribution in [3.8, 4) is 22.3 Å². The molecule has 0 aliphatic rings. The largest absolute Gasteiger partial charge is 0.226 e. The molecule has 3 aromatic carbocycles. The second kappa shape index (κ2) is 6.97. The van der Waals surface area contributed by atoms with Crippen molar-refractivity contribution in [3.05, 3.63) is 84.4 Å². The van der Waals surface area contributed by atoms with Gasteiger partial charge in [-0.2, -0.15) is 36.4 Å². The number of aryl methyl sites for hydroxylation is 1. The van der Waals surface area contributed by atoms with Crippen LogP contribution in [0.4, 0.5) is 0 Å². The Morgan fingerprint density at radius 3 is 2.15 bits per heavy atom. The summed E-state index contributed by atoms with van der Waals surface area (Å²) >= 11 is 0. The SMILES string of the molecule is Cc1ccccc1-c1ccc[c-]c1-c1[c-]cccc1.[Y]. The van der Waals surface area contributed by atoms with Gasteiger partial charge in [-0.3, -0.25) is 0 Å². The van der Waals surface area contributed by atoms with Crippen molar-refractivity contribution >= 4 is 0 Å². The van der Waals surface area contributed by atoms with E-state index in [2.05, 4.69) is 55.5 Å². The van der Waals surface area contributed by atoms with E-state index in [0.29, 0.717) is 0 Å². The molecule has 0 N–H and O–H groups in total. The summed E-state index contributed by atoms with van der Waals surface area (Å²) in [5.74, 6) is 0. The van der Waals surface area contributed by atoms with Gasteiger partial charge in [-0.1, -0.05) is 35.4 Å². The monoisotopic (exact) mass is 331 g/mol. The minimum Gasteiger partial charge on any atom is -0.226 e. The Hall–Kier alpha value is -1.24. The van der Waals surface area contributed by atoms with Crippen molar-refractivity contribution in [1.29, 1.82) is 0 Å². The molecule has 0 spiro atoms.